The lowest BCUT2D eigenvalue weighted by Crippen LogP contribution is -2.32. The molecule has 0 aliphatic carbocycles. The molecule has 0 radical (unpaired) electrons. The third kappa shape index (κ3) is 3.78. The van der Waals surface area contributed by atoms with Crippen LogP contribution in [0, 0.1) is 0 Å². The predicted molar refractivity (Wildman–Crippen MR) is 70.4 cm³/mol. The zero-order chi connectivity index (χ0) is 11.3. The number of thioether (sulfide) groups is 1. The van der Waals surface area contributed by atoms with Crippen LogP contribution in [0.3, 0.4) is 0 Å². The predicted octanol–water partition coefficient (Wildman–Crippen LogP) is 3.37. The first-order valence-corrected chi connectivity index (χ1v) is 7.45. The Bertz CT molecular complexity index is 295. The lowest BCUT2D eigenvalue weighted by Gasteiger charge is -2.19. The van der Waals surface area contributed by atoms with Crippen molar-refractivity contribution in [3.8, 4) is 0 Å². The summed E-state index contributed by atoms with van der Waals surface area (Å²) in [4.78, 5) is 4.60. The smallest absolute Gasteiger partial charge is 0.103 e. The molecule has 15 heavy (non-hydrogen) atoms. The number of hydrogen-bond donors (Lipinski definition) is 1. The molecule has 0 aliphatic rings. The summed E-state index contributed by atoms with van der Waals surface area (Å²) in [5.74, 6) is 2.24. The van der Waals surface area contributed by atoms with E-state index in [0.717, 1.165) is 17.9 Å². The molecule has 0 spiro atoms. The molecule has 1 aromatic rings. The van der Waals surface area contributed by atoms with Gasteiger partial charge in [0.25, 0.3) is 0 Å². The fourth-order valence-corrected chi connectivity index (χ4v) is 3.04. The number of rotatable bonds is 6. The van der Waals surface area contributed by atoms with Crippen LogP contribution in [0.25, 0.3) is 0 Å². The van der Waals surface area contributed by atoms with Crippen molar-refractivity contribution in [1.29, 1.82) is 0 Å². The van der Waals surface area contributed by atoms with Crippen LogP contribution in [0.15, 0.2) is 5.38 Å². The van der Waals surface area contributed by atoms with Gasteiger partial charge in [0.2, 0.25) is 0 Å². The molecular formula is C11H20N2S2. The van der Waals surface area contributed by atoms with Gasteiger partial charge in [-0.2, -0.15) is 11.8 Å². The van der Waals surface area contributed by atoms with Gasteiger partial charge in [0.05, 0.1) is 11.2 Å². The molecule has 1 heterocycles. The van der Waals surface area contributed by atoms with E-state index in [-0.39, 0.29) is 5.54 Å². The second kappa shape index (κ2) is 5.87. The Balaban J connectivity index is 2.56. The van der Waals surface area contributed by atoms with E-state index < -0.39 is 0 Å². The van der Waals surface area contributed by atoms with Gasteiger partial charge in [-0.15, -0.1) is 11.3 Å². The van der Waals surface area contributed by atoms with Crippen molar-refractivity contribution in [1.82, 2.24) is 4.98 Å². The molecule has 0 saturated heterocycles. The summed E-state index contributed by atoms with van der Waals surface area (Å²) in [5, 5.41) is 3.30. The Morgan fingerprint density at radius 2 is 2.27 bits per heavy atom. The molecule has 1 aromatic heterocycles. The molecular weight excluding hydrogens is 224 g/mol. The lowest BCUT2D eigenvalue weighted by molar-refractivity contribution is 0.463. The van der Waals surface area contributed by atoms with Crippen molar-refractivity contribution in [2.24, 2.45) is 5.73 Å². The van der Waals surface area contributed by atoms with E-state index in [4.69, 9.17) is 5.73 Å². The summed E-state index contributed by atoms with van der Waals surface area (Å²) < 4.78 is 0. The largest absolute Gasteiger partial charge is 0.320 e. The third-order valence-electron chi connectivity index (χ3n) is 2.45. The van der Waals surface area contributed by atoms with Crippen molar-refractivity contribution < 1.29 is 0 Å². The molecule has 86 valence electrons. The molecule has 0 aliphatic heterocycles. The first-order chi connectivity index (χ1) is 7.10. The minimum Gasteiger partial charge on any atom is -0.320 e. The van der Waals surface area contributed by atoms with Gasteiger partial charge in [-0.25, -0.2) is 4.98 Å². The van der Waals surface area contributed by atoms with E-state index in [0.29, 0.717) is 0 Å². The van der Waals surface area contributed by atoms with Crippen molar-refractivity contribution in [3.05, 3.63) is 16.1 Å². The van der Waals surface area contributed by atoms with Gasteiger partial charge in [0.1, 0.15) is 5.01 Å². The molecule has 1 rings (SSSR count). The van der Waals surface area contributed by atoms with Gasteiger partial charge in [-0.3, -0.25) is 0 Å². The summed E-state index contributed by atoms with van der Waals surface area (Å²) in [7, 11) is 0. The quantitative estimate of drug-likeness (QED) is 0.780. The zero-order valence-electron chi connectivity index (χ0n) is 9.75. The van der Waals surface area contributed by atoms with Crippen molar-refractivity contribution >= 4 is 23.1 Å². The maximum Gasteiger partial charge on any atom is 0.103 e. The van der Waals surface area contributed by atoms with E-state index in [9.17, 15) is 0 Å². The Labute approximate surface area is 101 Å². The molecule has 2 N–H and O–H groups in total. The van der Waals surface area contributed by atoms with Crippen LogP contribution in [0.5, 0.6) is 0 Å². The molecule has 1 atom stereocenters. The first kappa shape index (κ1) is 13.0. The van der Waals surface area contributed by atoms with Crippen LogP contribution in [0.2, 0.25) is 0 Å². The van der Waals surface area contributed by atoms with Crippen LogP contribution in [-0.4, -0.2) is 10.7 Å². The maximum absolute atomic E-state index is 6.14. The Kier molecular flexibility index (Phi) is 5.09. The Morgan fingerprint density at radius 3 is 2.87 bits per heavy atom. The SMILES string of the molecule is CCCSCc1nc(C(C)(N)CC)cs1. The monoisotopic (exact) mass is 244 g/mol. The lowest BCUT2D eigenvalue weighted by atomic mass is 9.97. The van der Waals surface area contributed by atoms with Crippen molar-refractivity contribution in [2.75, 3.05) is 5.75 Å². The highest BCUT2D eigenvalue weighted by atomic mass is 32.2. The molecule has 0 fully saturated rings. The summed E-state index contributed by atoms with van der Waals surface area (Å²) in [6.07, 6.45) is 2.16. The molecule has 0 aromatic carbocycles. The highest BCUT2D eigenvalue weighted by Crippen LogP contribution is 2.25. The Morgan fingerprint density at radius 1 is 1.53 bits per heavy atom. The minimum atomic E-state index is -0.260. The highest BCUT2D eigenvalue weighted by molar-refractivity contribution is 7.98. The van der Waals surface area contributed by atoms with Gasteiger partial charge >= 0.3 is 0 Å². The van der Waals surface area contributed by atoms with Gasteiger partial charge in [-0.05, 0) is 25.5 Å². The fraction of sp³-hybridized carbons (Fsp3) is 0.727. The van der Waals surface area contributed by atoms with Gasteiger partial charge in [0.15, 0.2) is 0 Å². The molecule has 1 unspecified atom stereocenters. The molecule has 0 saturated carbocycles. The van der Waals surface area contributed by atoms with Gasteiger partial charge < -0.3 is 5.73 Å². The fourth-order valence-electron chi connectivity index (χ4n) is 1.12. The van der Waals surface area contributed by atoms with Crippen LogP contribution >= 0.6 is 23.1 Å². The number of thiazole rings is 1. The van der Waals surface area contributed by atoms with Crippen LogP contribution in [0.1, 0.15) is 44.3 Å². The second-order valence-electron chi connectivity index (χ2n) is 3.95. The summed E-state index contributed by atoms with van der Waals surface area (Å²) >= 11 is 3.68. The van der Waals surface area contributed by atoms with E-state index in [1.165, 1.54) is 17.2 Å². The molecule has 0 bridgehead atoms. The molecule has 2 nitrogen and oxygen atoms in total. The van der Waals surface area contributed by atoms with Crippen LogP contribution in [0.4, 0.5) is 0 Å². The number of aromatic nitrogens is 1. The maximum atomic E-state index is 6.14. The summed E-state index contributed by atoms with van der Waals surface area (Å²) in [6.45, 7) is 6.35. The van der Waals surface area contributed by atoms with Crippen molar-refractivity contribution in [2.45, 2.75) is 44.9 Å². The standard InChI is InChI=1S/C11H20N2S2/c1-4-6-14-8-10-13-9(7-15-10)11(3,12)5-2/h7H,4-6,8,12H2,1-3H3. The van der Waals surface area contributed by atoms with Crippen molar-refractivity contribution in [3.63, 3.8) is 0 Å². The highest BCUT2D eigenvalue weighted by Gasteiger charge is 2.21. The second-order valence-corrected chi connectivity index (χ2v) is 6.00. The van der Waals surface area contributed by atoms with E-state index in [1.807, 2.05) is 18.7 Å². The van der Waals surface area contributed by atoms with Gasteiger partial charge in [-0.1, -0.05) is 13.8 Å². The number of nitrogens with two attached hydrogens (primary N) is 1. The zero-order valence-corrected chi connectivity index (χ0v) is 11.4. The topological polar surface area (TPSA) is 38.9 Å². The normalized spacial score (nSPS) is 15.2. The summed E-state index contributed by atoms with van der Waals surface area (Å²) in [5.41, 5.74) is 6.93. The van der Waals surface area contributed by atoms with Crippen LogP contribution < -0.4 is 5.73 Å². The average Bonchev–Trinajstić information content (AvgIpc) is 2.68. The Hall–Kier alpha value is -0.0600. The number of hydrogen-bond acceptors (Lipinski definition) is 4. The molecule has 0 amide bonds. The summed E-state index contributed by atoms with van der Waals surface area (Å²) in [6, 6.07) is 0. The minimum absolute atomic E-state index is 0.260. The van der Waals surface area contributed by atoms with Gasteiger partial charge in [0, 0.05) is 11.1 Å². The van der Waals surface area contributed by atoms with E-state index in [1.54, 1.807) is 11.3 Å². The average molecular weight is 244 g/mol. The van der Waals surface area contributed by atoms with Crippen LogP contribution in [-0.2, 0) is 11.3 Å². The number of nitrogens with zero attached hydrogens (tertiary/aromatic N) is 1. The third-order valence-corrected chi connectivity index (χ3v) is 4.65. The van der Waals surface area contributed by atoms with E-state index >= 15 is 0 Å². The van der Waals surface area contributed by atoms with E-state index in [2.05, 4.69) is 24.2 Å². The first-order valence-electron chi connectivity index (χ1n) is 5.41. The molecule has 4 heteroatoms.